The van der Waals surface area contributed by atoms with Gasteiger partial charge in [-0.15, -0.1) is 0 Å². The number of methoxy groups -OCH3 is 1. The van der Waals surface area contributed by atoms with Crippen LogP contribution in [0.4, 0.5) is 5.82 Å². The van der Waals surface area contributed by atoms with Crippen LogP contribution < -0.4 is 10.5 Å². The average molecular weight is 429 g/mol. The van der Waals surface area contributed by atoms with E-state index >= 15 is 0 Å². The molecule has 0 aliphatic heterocycles. The Bertz CT molecular complexity index is 873. The molecule has 0 radical (unpaired) electrons. The number of nitrogens with zero attached hydrogens (tertiary/aromatic N) is 4. The fraction of sp³-hybridized carbons (Fsp3) is 0.588. The van der Waals surface area contributed by atoms with Crippen molar-refractivity contribution >= 4 is 24.6 Å². The summed E-state index contributed by atoms with van der Waals surface area (Å²) in [5.74, 6) is 0.200. The van der Waals surface area contributed by atoms with Crippen molar-refractivity contribution in [3.8, 4) is 6.01 Å². The second kappa shape index (κ2) is 10.7. The minimum atomic E-state index is -3.80. The molecule has 0 aromatic carbocycles. The minimum absolute atomic E-state index is 0.0752. The highest BCUT2D eigenvalue weighted by Crippen LogP contribution is 2.43. The van der Waals surface area contributed by atoms with Gasteiger partial charge in [-0.2, -0.15) is 9.97 Å². The molecule has 0 aliphatic carbocycles. The van der Waals surface area contributed by atoms with Crippen LogP contribution in [0.5, 0.6) is 6.01 Å². The number of aromatic nitrogens is 4. The lowest BCUT2D eigenvalue weighted by atomic mass is 10.3. The van der Waals surface area contributed by atoms with Gasteiger partial charge in [0.05, 0.1) is 25.6 Å². The Labute approximate surface area is 169 Å². The molecule has 162 valence electrons. The first-order chi connectivity index (χ1) is 13.8. The van der Waals surface area contributed by atoms with Crippen molar-refractivity contribution in [2.24, 2.45) is 0 Å². The first-order valence-corrected chi connectivity index (χ1v) is 10.9. The van der Waals surface area contributed by atoms with E-state index in [0.717, 1.165) is 0 Å². The summed E-state index contributed by atoms with van der Waals surface area (Å²) in [6.45, 7) is 8.61. The average Bonchev–Trinajstić information content (AvgIpc) is 3.04. The van der Waals surface area contributed by atoms with Gasteiger partial charge in [0.1, 0.15) is 13.0 Å². The molecule has 0 amide bonds. The molecule has 0 saturated heterocycles. The molecule has 29 heavy (non-hydrogen) atoms. The lowest BCUT2D eigenvalue weighted by molar-refractivity contribution is 0.135. The van der Waals surface area contributed by atoms with Gasteiger partial charge in [0.15, 0.2) is 17.0 Å². The molecule has 0 bridgehead atoms. The van der Waals surface area contributed by atoms with Gasteiger partial charge in [0.2, 0.25) is 0 Å². The molecule has 2 aromatic heterocycles. The fourth-order valence-corrected chi connectivity index (χ4v) is 3.41. The van der Waals surface area contributed by atoms with Crippen molar-refractivity contribution in [3.05, 3.63) is 18.5 Å². The number of anilines is 1. The van der Waals surface area contributed by atoms with Crippen molar-refractivity contribution < 1.29 is 28.2 Å². The molecule has 0 aliphatic rings. The van der Waals surface area contributed by atoms with Crippen LogP contribution in [-0.4, -0.2) is 63.8 Å². The molecular weight excluding hydrogens is 401 g/mol. The molecule has 2 unspecified atom stereocenters. The van der Waals surface area contributed by atoms with Gasteiger partial charge in [-0.3, -0.25) is 4.57 Å². The molecule has 2 rings (SSSR count). The number of hydrogen-bond acceptors (Lipinski definition) is 9. The SMILES string of the molecule is C=C(COCP(=O)(O)OC(C)CC)Cn1cnc2c(N)nc(OCCOC)nc21. The van der Waals surface area contributed by atoms with Gasteiger partial charge < -0.3 is 33.9 Å². The Kier molecular flexibility index (Phi) is 8.54. The van der Waals surface area contributed by atoms with E-state index < -0.39 is 13.9 Å². The Morgan fingerprint density at radius 2 is 2.17 bits per heavy atom. The molecule has 2 heterocycles. The second-order valence-corrected chi connectivity index (χ2v) is 8.21. The number of fused-ring (bicyclic) bond motifs is 1. The van der Waals surface area contributed by atoms with Gasteiger partial charge in [-0.25, -0.2) is 4.98 Å². The molecule has 2 atom stereocenters. The molecule has 0 fully saturated rings. The normalized spacial score (nSPS) is 14.6. The van der Waals surface area contributed by atoms with Crippen molar-refractivity contribution in [1.82, 2.24) is 19.5 Å². The van der Waals surface area contributed by atoms with Gasteiger partial charge in [-0.05, 0) is 18.9 Å². The molecule has 12 heteroatoms. The highest BCUT2D eigenvalue weighted by molar-refractivity contribution is 7.52. The van der Waals surface area contributed by atoms with E-state index in [1.54, 1.807) is 24.9 Å². The first kappa shape index (κ1) is 23.2. The van der Waals surface area contributed by atoms with E-state index in [1.807, 2.05) is 6.92 Å². The summed E-state index contributed by atoms with van der Waals surface area (Å²) in [5.41, 5.74) is 7.50. The van der Waals surface area contributed by atoms with E-state index in [2.05, 4.69) is 21.5 Å². The number of nitrogen functional groups attached to an aromatic ring is 1. The molecule has 2 aromatic rings. The zero-order valence-electron chi connectivity index (χ0n) is 16.9. The summed E-state index contributed by atoms with van der Waals surface area (Å²) in [7, 11) is -2.24. The van der Waals surface area contributed by atoms with Crippen LogP contribution in [0.15, 0.2) is 18.5 Å². The topological polar surface area (TPSA) is 144 Å². The maximum absolute atomic E-state index is 11.9. The minimum Gasteiger partial charge on any atom is -0.461 e. The number of imidazole rings is 1. The first-order valence-electron chi connectivity index (χ1n) is 9.10. The summed E-state index contributed by atoms with van der Waals surface area (Å²) in [6, 6.07) is 0.124. The maximum atomic E-state index is 11.9. The largest absolute Gasteiger partial charge is 0.461 e. The molecule has 0 saturated carbocycles. The van der Waals surface area contributed by atoms with Crippen LogP contribution in [-0.2, 0) is 25.1 Å². The van der Waals surface area contributed by atoms with Crippen LogP contribution in [0.1, 0.15) is 20.3 Å². The Balaban J connectivity index is 1.96. The van der Waals surface area contributed by atoms with E-state index in [-0.39, 0.29) is 31.1 Å². The third-order valence-corrected chi connectivity index (χ3v) is 5.06. The smallest absolute Gasteiger partial charge is 0.353 e. The van der Waals surface area contributed by atoms with Gasteiger partial charge >= 0.3 is 13.6 Å². The highest BCUT2D eigenvalue weighted by atomic mass is 31.2. The number of hydrogen-bond donors (Lipinski definition) is 2. The molecule has 3 N–H and O–H groups in total. The van der Waals surface area contributed by atoms with Crippen LogP contribution >= 0.6 is 7.60 Å². The van der Waals surface area contributed by atoms with E-state index in [0.29, 0.717) is 36.3 Å². The van der Waals surface area contributed by atoms with E-state index in [4.69, 9.17) is 24.5 Å². The zero-order chi connectivity index (χ0) is 21.4. The summed E-state index contributed by atoms with van der Waals surface area (Å²) in [4.78, 5) is 22.4. The highest BCUT2D eigenvalue weighted by Gasteiger charge is 2.22. The monoisotopic (exact) mass is 429 g/mol. The van der Waals surface area contributed by atoms with Crippen molar-refractivity contribution in [2.75, 3.05) is 39.0 Å². The van der Waals surface area contributed by atoms with Crippen LogP contribution in [0, 0.1) is 0 Å². The van der Waals surface area contributed by atoms with Crippen LogP contribution in [0.2, 0.25) is 0 Å². The number of rotatable bonds is 13. The van der Waals surface area contributed by atoms with Crippen LogP contribution in [0.25, 0.3) is 11.2 Å². The quantitative estimate of drug-likeness (QED) is 0.275. The van der Waals surface area contributed by atoms with E-state index in [1.165, 1.54) is 0 Å². The predicted octanol–water partition coefficient (Wildman–Crippen LogP) is 1.96. The van der Waals surface area contributed by atoms with Gasteiger partial charge in [-0.1, -0.05) is 13.5 Å². The Hall–Kier alpha value is -2.04. The lowest BCUT2D eigenvalue weighted by Crippen LogP contribution is -2.11. The number of ether oxygens (including phenoxy) is 3. The van der Waals surface area contributed by atoms with Gasteiger partial charge in [0, 0.05) is 13.7 Å². The molecular formula is C17H28N5O6P. The number of nitrogens with two attached hydrogens (primary N) is 1. The Morgan fingerprint density at radius 1 is 1.41 bits per heavy atom. The van der Waals surface area contributed by atoms with Crippen LogP contribution in [0.3, 0.4) is 0 Å². The summed E-state index contributed by atoms with van der Waals surface area (Å²) in [6.07, 6.45) is 1.46. The third kappa shape index (κ3) is 7.06. The van der Waals surface area contributed by atoms with Crippen molar-refractivity contribution in [2.45, 2.75) is 32.9 Å². The predicted molar refractivity (Wildman–Crippen MR) is 108 cm³/mol. The standard InChI is InChI=1S/C17H28N5O6P/c1-5-13(3)28-29(23,24)11-26-9-12(2)8-22-10-19-14-15(18)20-17(21-16(14)22)27-7-6-25-4/h10,13H,2,5-9,11H2,1,3-4H3,(H,23,24)(H2,18,20,21). The zero-order valence-corrected chi connectivity index (χ0v) is 17.8. The second-order valence-electron chi connectivity index (χ2n) is 6.47. The summed E-state index contributed by atoms with van der Waals surface area (Å²) in [5, 5.41) is 0. The molecule has 11 nitrogen and oxygen atoms in total. The Morgan fingerprint density at radius 3 is 2.86 bits per heavy atom. The fourth-order valence-electron chi connectivity index (χ4n) is 2.32. The molecule has 0 spiro atoms. The lowest BCUT2D eigenvalue weighted by Gasteiger charge is -2.17. The third-order valence-electron chi connectivity index (χ3n) is 3.86. The van der Waals surface area contributed by atoms with Crippen molar-refractivity contribution in [3.63, 3.8) is 0 Å². The summed E-state index contributed by atoms with van der Waals surface area (Å²) >= 11 is 0. The maximum Gasteiger partial charge on any atom is 0.353 e. The van der Waals surface area contributed by atoms with Crippen molar-refractivity contribution in [1.29, 1.82) is 0 Å². The summed E-state index contributed by atoms with van der Waals surface area (Å²) < 4.78 is 34.4. The van der Waals surface area contributed by atoms with E-state index in [9.17, 15) is 9.46 Å². The van der Waals surface area contributed by atoms with Gasteiger partial charge in [0.25, 0.3) is 0 Å².